The van der Waals surface area contributed by atoms with Gasteiger partial charge in [0.25, 0.3) is 0 Å². The normalized spacial score (nSPS) is 11.6. The van der Waals surface area contributed by atoms with Gasteiger partial charge in [-0.3, -0.25) is 4.68 Å². The molecule has 1 rings (SSSR count). The Morgan fingerprint density at radius 1 is 1.36 bits per heavy atom. The first-order valence-electron chi connectivity index (χ1n) is 4.29. The van der Waals surface area contributed by atoms with E-state index in [0.29, 0.717) is 6.54 Å². The largest absolute Gasteiger partial charge is 0.325 e. The Bertz CT molecular complexity index is 389. The van der Waals surface area contributed by atoms with Gasteiger partial charge in [0.1, 0.15) is 0 Å². The van der Waals surface area contributed by atoms with Crippen LogP contribution in [0.5, 0.6) is 0 Å². The Kier molecular flexibility index (Phi) is 3.17. The average molecular weight is 217 g/mol. The second-order valence-corrected chi connectivity index (χ2v) is 4.96. The van der Waals surface area contributed by atoms with E-state index in [9.17, 15) is 8.42 Å². The summed E-state index contributed by atoms with van der Waals surface area (Å²) in [5.74, 6) is -0.0654. The van der Waals surface area contributed by atoms with Crippen LogP contribution in [0.3, 0.4) is 0 Å². The minimum absolute atomic E-state index is 0.0654. The van der Waals surface area contributed by atoms with Gasteiger partial charge >= 0.3 is 0 Å². The summed E-state index contributed by atoms with van der Waals surface area (Å²) in [6, 6.07) is 3.92. The number of aromatic nitrogens is 1. The van der Waals surface area contributed by atoms with Crippen molar-refractivity contribution in [2.75, 3.05) is 17.7 Å². The van der Waals surface area contributed by atoms with Crippen LogP contribution < -0.4 is 10.6 Å². The second-order valence-electron chi connectivity index (χ2n) is 3.23. The van der Waals surface area contributed by atoms with Crippen LogP contribution >= 0.6 is 0 Å². The number of aryl methyl sites for hydroxylation is 2. The van der Waals surface area contributed by atoms with Crippen molar-refractivity contribution in [1.82, 2.24) is 4.68 Å². The van der Waals surface area contributed by atoms with Gasteiger partial charge in [-0.1, -0.05) is 0 Å². The Morgan fingerprint density at radius 3 is 2.29 bits per heavy atom. The maximum atomic E-state index is 10.7. The van der Waals surface area contributed by atoms with Crippen LogP contribution in [-0.4, -0.2) is 25.4 Å². The van der Waals surface area contributed by atoms with Gasteiger partial charge in [-0.2, -0.15) is 0 Å². The third-order valence-corrected chi connectivity index (χ3v) is 2.70. The number of primary sulfonamides is 1. The zero-order chi connectivity index (χ0) is 10.8. The predicted octanol–water partition coefficient (Wildman–Crippen LogP) is -0.0631. The maximum absolute atomic E-state index is 10.7. The van der Waals surface area contributed by atoms with E-state index in [1.165, 1.54) is 0 Å². The third-order valence-electron chi connectivity index (χ3n) is 1.93. The highest BCUT2D eigenvalue weighted by molar-refractivity contribution is 7.89. The zero-order valence-corrected chi connectivity index (χ0v) is 9.13. The van der Waals surface area contributed by atoms with E-state index in [0.717, 1.165) is 11.4 Å². The monoisotopic (exact) mass is 217 g/mol. The van der Waals surface area contributed by atoms with Gasteiger partial charge in [0.15, 0.2) is 0 Å². The van der Waals surface area contributed by atoms with Crippen molar-refractivity contribution in [3.8, 4) is 0 Å². The summed E-state index contributed by atoms with van der Waals surface area (Å²) in [4.78, 5) is 0. The Labute approximate surface area is 83.9 Å². The molecule has 0 aliphatic heterocycles. The number of rotatable bonds is 4. The summed E-state index contributed by atoms with van der Waals surface area (Å²) in [5.41, 5.74) is 5.05. The van der Waals surface area contributed by atoms with E-state index in [4.69, 9.17) is 5.14 Å². The molecule has 3 N–H and O–H groups in total. The number of hydrogen-bond donors (Lipinski definition) is 2. The van der Waals surface area contributed by atoms with Crippen molar-refractivity contribution >= 4 is 10.0 Å². The summed E-state index contributed by atoms with van der Waals surface area (Å²) in [6.45, 7) is 4.20. The van der Waals surface area contributed by atoms with Crippen molar-refractivity contribution in [1.29, 1.82) is 0 Å². The van der Waals surface area contributed by atoms with Crippen LogP contribution in [-0.2, 0) is 10.0 Å². The summed E-state index contributed by atoms with van der Waals surface area (Å²) in [6.07, 6.45) is 0. The van der Waals surface area contributed by atoms with Gasteiger partial charge in [0, 0.05) is 17.9 Å². The molecule has 0 aromatic carbocycles. The molecule has 0 atom stereocenters. The van der Waals surface area contributed by atoms with Crippen LogP contribution in [0.2, 0.25) is 0 Å². The first-order chi connectivity index (χ1) is 6.40. The van der Waals surface area contributed by atoms with Crippen molar-refractivity contribution in [3.05, 3.63) is 23.5 Å². The fraction of sp³-hybridized carbons (Fsp3) is 0.500. The lowest BCUT2D eigenvalue weighted by Crippen LogP contribution is -2.27. The molecule has 5 nitrogen and oxygen atoms in total. The zero-order valence-electron chi connectivity index (χ0n) is 8.32. The highest BCUT2D eigenvalue weighted by Gasteiger charge is 2.03. The van der Waals surface area contributed by atoms with Crippen LogP contribution in [0.1, 0.15) is 11.4 Å². The van der Waals surface area contributed by atoms with E-state index in [-0.39, 0.29) is 5.75 Å². The highest BCUT2D eigenvalue weighted by Crippen LogP contribution is 2.03. The molecular weight excluding hydrogens is 202 g/mol. The van der Waals surface area contributed by atoms with Crippen molar-refractivity contribution < 1.29 is 8.42 Å². The molecule has 0 saturated heterocycles. The Hall–Kier alpha value is -1.01. The molecule has 0 spiro atoms. The molecule has 0 aliphatic rings. The minimum Gasteiger partial charge on any atom is -0.325 e. The van der Waals surface area contributed by atoms with E-state index in [1.807, 2.05) is 30.7 Å². The van der Waals surface area contributed by atoms with E-state index >= 15 is 0 Å². The molecule has 1 heterocycles. The molecule has 0 fully saturated rings. The molecule has 1 aromatic rings. The van der Waals surface area contributed by atoms with E-state index < -0.39 is 10.0 Å². The molecule has 6 heteroatoms. The summed E-state index contributed by atoms with van der Waals surface area (Å²) in [7, 11) is -3.38. The number of sulfonamides is 1. The quantitative estimate of drug-likeness (QED) is 0.741. The number of hydrogen-bond acceptors (Lipinski definition) is 3. The molecule has 0 bridgehead atoms. The summed E-state index contributed by atoms with van der Waals surface area (Å²) >= 11 is 0. The van der Waals surface area contributed by atoms with Gasteiger partial charge in [-0.15, -0.1) is 0 Å². The molecule has 1 aromatic heterocycles. The summed E-state index contributed by atoms with van der Waals surface area (Å²) < 4.78 is 23.2. The molecule has 0 aliphatic carbocycles. The minimum atomic E-state index is -3.38. The first kappa shape index (κ1) is 11.1. The summed E-state index contributed by atoms with van der Waals surface area (Å²) in [5, 5.41) is 4.87. The standard InChI is InChI=1S/C8H15N3O2S/c1-7-3-4-8(2)11(7)10-5-6-14(9,12)13/h3-4,10H,5-6H2,1-2H3,(H2,9,12,13). The Balaban J connectivity index is 2.54. The SMILES string of the molecule is Cc1ccc(C)n1NCCS(N)(=O)=O. The first-order valence-corrected chi connectivity index (χ1v) is 6.01. The average Bonchev–Trinajstić information content (AvgIpc) is 2.33. The maximum Gasteiger partial charge on any atom is 0.210 e. The van der Waals surface area contributed by atoms with E-state index in [2.05, 4.69) is 5.43 Å². The number of nitrogens with zero attached hydrogens (tertiary/aromatic N) is 1. The van der Waals surface area contributed by atoms with Gasteiger partial charge in [0.05, 0.1) is 5.75 Å². The van der Waals surface area contributed by atoms with Crippen molar-refractivity contribution in [2.45, 2.75) is 13.8 Å². The lowest BCUT2D eigenvalue weighted by molar-refractivity contribution is 0.597. The van der Waals surface area contributed by atoms with E-state index in [1.54, 1.807) is 0 Å². The smallest absolute Gasteiger partial charge is 0.210 e. The fourth-order valence-electron chi connectivity index (χ4n) is 1.22. The molecule has 0 unspecified atom stereocenters. The topological polar surface area (TPSA) is 77.1 Å². The van der Waals surface area contributed by atoms with Crippen LogP contribution in [0, 0.1) is 13.8 Å². The van der Waals surface area contributed by atoms with Crippen LogP contribution in [0.4, 0.5) is 0 Å². The lowest BCUT2D eigenvalue weighted by Gasteiger charge is -2.11. The molecule has 0 amide bonds. The van der Waals surface area contributed by atoms with Crippen LogP contribution in [0.25, 0.3) is 0 Å². The third kappa shape index (κ3) is 3.04. The van der Waals surface area contributed by atoms with Crippen LogP contribution in [0.15, 0.2) is 12.1 Å². The predicted molar refractivity (Wildman–Crippen MR) is 56.1 cm³/mol. The molecule has 0 radical (unpaired) electrons. The second kappa shape index (κ2) is 4.02. The molecule has 14 heavy (non-hydrogen) atoms. The van der Waals surface area contributed by atoms with Gasteiger partial charge in [-0.05, 0) is 26.0 Å². The number of nitrogens with two attached hydrogens (primary N) is 1. The van der Waals surface area contributed by atoms with Crippen molar-refractivity contribution in [3.63, 3.8) is 0 Å². The fourth-order valence-corrected chi connectivity index (χ4v) is 1.59. The highest BCUT2D eigenvalue weighted by atomic mass is 32.2. The molecular formula is C8H15N3O2S. The van der Waals surface area contributed by atoms with Crippen molar-refractivity contribution in [2.24, 2.45) is 5.14 Å². The molecule has 0 saturated carbocycles. The Morgan fingerprint density at radius 2 is 1.86 bits per heavy atom. The van der Waals surface area contributed by atoms with Gasteiger partial charge in [-0.25, -0.2) is 13.6 Å². The van der Waals surface area contributed by atoms with Gasteiger partial charge < -0.3 is 5.43 Å². The number of nitrogens with one attached hydrogen (secondary N) is 1. The lowest BCUT2D eigenvalue weighted by atomic mass is 10.5. The molecule has 80 valence electrons. The van der Waals surface area contributed by atoms with Gasteiger partial charge in [0.2, 0.25) is 10.0 Å².